The van der Waals surface area contributed by atoms with Crippen LogP contribution in [0.5, 0.6) is 0 Å². The van der Waals surface area contributed by atoms with Gasteiger partial charge in [0.2, 0.25) is 17.7 Å². The van der Waals surface area contributed by atoms with Crippen LogP contribution >= 0.6 is 0 Å². The summed E-state index contributed by atoms with van der Waals surface area (Å²) in [4.78, 5) is 21.3. The predicted molar refractivity (Wildman–Crippen MR) is 90.1 cm³/mol. The maximum absolute atomic E-state index is 5.24. The third kappa shape index (κ3) is 3.47. The van der Waals surface area contributed by atoms with Crippen molar-refractivity contribution in [2.45, 2.75) is 6.54 Å². The van der Waals surface area contributed by atoms with E-state index < -0.39 is 0 Å². The lowest BCUT2D eigenvalue weighted by atomic mass is 10.3. The lowest BCUT2D eigenvalue weighted by Gasteiger charge is -2.04. The van der Waals surface area contributed by atoms with Gasteiger partial charge in [-0.15, -0.1) is 0 Å². The van der Waals surface area contributed by atoms with Crippen LogP contribution in [0.25, 0.3) is 22.8 Å². The molecule has 8 nitrogen and oxygen atoms in total. The largest absolute Gasteiger partial charge is 0.345 e. The van der Waals surface area contributed by atoms with Gasteiger partial charge in [-0.05, 0) is 30.3 Å². The Balaban J connectivity index is 1.46. The second-order valence-corrected chi connectivity index (χ2v) is 5.09. The van der Waals surface area contributed by atoms with Crippen LogP contribution < -0.4 is 5.32 Å². The molecule has 0 unspecified atom stereocenters. The first-order valence-electron chi connectivity index (χ1n) is 7.60. The van der Waals surface area contributed by atoms with Crippen LogP contribution in [-0.4, -0.2) is 30.1 Å². The molecule has 4 heterocycles. The van der Waals surface area contributed by atoms with Gasteiger partial charge >= 0.3 is 0 Å². The maximum Gasteiger partial charge on any atom is 0.246 e. The van der Waals surface area contributed by atoms with Crippen molar-refractivity contribution in [3.05, 3.63) is 67.1 Å². The summed E-state index contributed by atoms with van der Waals surface area (Å²) in [7, 11) is 0. The van der Waals surface area contributed by atoms with Gasteiger partial charge in [0.05, 0.1) is 17.9 Å². The van der Waals surface area contributed by atoms with Gasteiger partial charge < -0.3 is 9.84 Å². The van der Waals surface area contributed by atoms with Crippen molar-refractivity contribution in [3.63, 3.8) is 0 Å². The molecule has 0 amide bonds. The van der Waals surface area contributed by atoms with E-state index in [1.54, 1.807) is 30.9 Å². The van der Waals surface area contributed by atoms with E-state index >= 15 is 0 Å². The standard InChI is InChI=1S/C17H13N7O/c1-2-8-19-13(5-1)14-6-9-20-17(22-14)21-11-15-23-16(24-25-15)12-4-3-7-18-10-12/h1-10H,11H2,(H,20,21,22). The highest BCUT2D eigenvalue weighted by Gasteiger charge is 2.09. The first-order chi connectivity index (χ1) is 12.4. The number of anilines is 1. The number of nitrogens with zero attached hydrogens (tertiary/aromatic N) is 6. The lowest BCUT2D eigenvalue weighted by Crippen LogP contribution is -2.04. The molecule has 8 heteroatoms. The van der Waals surface area contributed by atoms with Crippen molar-refractivity contribution in [1.82, 2.24) is 30.1 Å². The van der Waals surface area contributed by atoms with Crippen molar-refractivity contribution in [2.75, 3.05) is 5.32 Å². The Kier molecular flexibility index (Phi) is 4.07. The number of pyridine rings is 2. The quantitative estimate of drug-likeness (QED) is 0.595. The zero-order valence-electron chi connectivity index (χ0n) is 13.1. The topological polar surface area (TPSA) is 103 Å². The van der Waals surface area contributed by atoms with Crippen LogP contribution in [0.3, 0.4) is 0 Å². The van der Waals surface area contributed by atoms with Gasteiger partial charge in [-0.3, -0.25) is 9.97 Å². The molecule has 0 atom stereocenters. The molecule has 4 aromatic rings. The molecule has 0 saturated carbocycles. The monoisotopic (exact) mass is 331 g/mol. The molecular formula is C17H13N7O. The number of aromatic nitrogens is 6. The molecule has 0 spiro atoms. The lowest BCUT2D eigenvalue weighted by molar-refractivity contribution is 0.384. The van der Waals surface area contributed by atoms with Crippen LogP contribution in [0.1, 0.15) is 5.89 Å². The first-order valence-corrected chi connectivity index (χ1v) is 7.60. The Morgan fingerprint density at radius 2 is 1.88 bits per heavy atom. The molecule has 0 aliphatic heterocycles. The van der Waals surface area contributed by atoms with Crippen LogP contribution in [0.4, 0.5) is 5.95 Å². The highest BCUT2D eigenvalue weighted by Crippen LogP contribution is 2.16. The average molecular weight is 331 g/mol. The van der Waals surface area contributed by atoms with Crippen LogP contribution in [0.15, 0.2) is 65.7 Å². The zero-order chi connectivity index (χ0) is 16.9. The van der Waals surface area contributed by atoms with Gasteiger partial charge in [0, 0.05) is 30.4 Å². The number of hydrogen-bond donors (Lipinski definition) is 1. The molecule has 122 valence electrons. The van der Waals surface area contributed by atoms with Crippen LogP contribution in [0.2, 0.25) is 0 Å². The van der Waals surface area contributed by atoms with Crippen molar-refractivity contribution < 1.29 is 4.52 Å². The molecule has 4 rings (SSSR count). The Labute approximate surface area is 143 Å². The average Bonchev–Trinajstić information content (AvgIpc) is 3.17. The van der Waals surface area contributed by atoms with E-state index in [4.69, 9.17) is 4.52 Å². The van der Waals surface area contributed by atoms with Crippen LogP contribution in [0, 0.1) is 0 Å². The molecule has 1 N–H and O–H groups in total. The van der Waals surface area contributed by atoms with E-state index in [0.29, 0.717) is 24.2 Å². The molecule has 25 heavy (non-hydrogen) atoms. The number of nitrogens with one attached hydrogen (secondary N) is 1. The molecule has 0 fully saturated rings. The maximum atomic E-state index is 5.24. The van der Waals surface area contributed by atoms with Gasteiger partial charge in [-0.1, -0.05) is 11.2 Å². The SMILES string of the molecule is c1ccc(-c2ccnc(NCc3nc(-c4cccnc4)no3)n2)nc1. The summed E-state index contributed by atoms with van der Waals surface area (Å²) in [5.74, 6) is 1.39. The Bertz CT molecular complexity index is 957. The molecule has 0 bridgehead atoms. The third-order valence-electron chi connectivity index (χ3n) is 3.37. The fourth-order valence-electron chi connectivity index (χ4n) is 2.19. The highest BCUT2D eigenvalue weighted by molar-refractivity contribution is 5.55. The van der Waals surface area contributed by atoms with Gasteiger partial charge in [0.25, 0.3) is 0 Å². The van der Waals surface area contributed by atoms with Crippen molar-refractivity contribution in [2.24, 2.45) is 0 Å². The smallest absolute Gasteiger partial charge is 0.246 e. The third-order valence-corrected chi connectivity index (χ3v) is 3.37. The fourth-order valence-corrected chi connectivity index (χ4v) is 2.19. The Hall–Kier alpha value is -3.68. The summed E-state index contributed by atoms with van der Waals surface area (Å²) in [6, 6.07) is 11.2. The first kappa shape index (κ1) is 14.9. The Morgan fingerprint density at radius 1 is 0.880 bits per heavy atom. The number of rotatable bonds is 5. The molecule has 0 aliphatic rings. The molecule has 0 aromatic carbocycles. The van der Waals surface area contributed by atoms with Crippen molar-refractivity contribution in [3.8, 4) is 22.8 Å². The van der Waals surface area contributed by atoms with Gasteiger partial charge in [-0.25, -0.2) is 9.97 Å². The highest BCUT2D eigenvalue weighted by atomic mass is 16.5. The fraction of sp³-hybridized carbons (Fsp3) is 0.0588. The zero-order valence-corrected chi connectivity index (χ0v) is 13.1. The van der Waals surface area contributed by atoms with E-state index in [9.17, 15) is 0 Å². The molecular weight excluding hydrogens is 318 g/mol. The Morgan fingerprint density at radius 3 is 2.72 bits per heavy atom. The molecule has 0 saturated heterocycles. The minimum atomic E-state index is 0.318. The normalized spacial score (nSPS) is 10.6. The predicted octanol–water partition coefficient (Wildman–Crippen LogP) is 2.60. The van der Waals surface area contributed by atoms with Crippen molar-refractivity contribution in [1.29, 1.82) is 0 Å². The summed E-state index contributed by atoms with van der Waals surface area (Å²) >= 11 is 0. The molecule has 4 aromatic heterocycles. The second-order valence-electron chi connectivity index (χ2n) is 5.09. The minimum Gasteiger partial charge on any atom is -0.345 e. The summed E-state index contributed by atoms with van der Waals surface area (Å²) in [5, 5.41) is 7.02. The van der Waals surface area contributed by atoms with Gasteiger partial charge in [0.1, 0.15) is 0 Å². The minimum absolute atomic E-state index is 0.318. The van der Waals surface area contributed by atoms with E-state index in [1.165, 1.54) is 0 Å². The summed E-state index contributed by atoms with van der Waals surface area (Å²) in [5.41, 5.74) is 2.31. The van der Waals surface area contributed by atoms with E-state index in [1.807, 2.05) is 30.3 Å². The van der Waals surface area contributed by atoms with E-state index in [-0.39, 0.29) is 0 Å². The second kappa shape index (κ2) is 6.83. The summed E-state index contributed by atoms with van der Waals surface area (Å²) in [6.45, 7) is 0.318. The van der Waals surface area contributed by atoms with E-state index in [0.717, 1.165) is 17.0 Å². The van der Waals surface area contributed by atoms with Crippen LogP contribution in [-0.2, 0) is 6.54 Å². The van der Waals surface area contributed by atoms with E-state index in [2.05, 4.69) is 35.4 Å². The summed E-state index contributed by atoms with van der Waals surface area (Å²) in [6.07, 6.45) is 6.77. The van der Waals surface area contributed by atoms with Gasteiger partial charge in [-0.2, -0.15) is 4.98 Å². The van der Waals surface area contributed by atoms with Crippen molar-refractivity contribution >= 4 is 5.95 Å². The van der Waals surface area contributed by atoms with Gasteiger partial charge in [0.15, 0.2) is 0 Å². The number of hydrogen-bond acceptors (Lipinski definition) is 8. The molecule has 0 radical (unpaired) electrons. The molecule has 0 aliphatic carbocycles. The summed E-state index contributed by atoms with van der Waals surface area (Å²) < 4.78 is 5.24.